The zero-order valence-corrected chi connectivity index (χ0v) is 17.8. The van der Waals surface area contributed by atoms with Crippen molar-refractivity contribution in [2.24, 2.45) is 16.2 Å². The summed E-state index contributed by atoms with van der Waals surface area (Å²) in [5, 5.41) is 0. The van der Waals surface area contributed by atoms with E-state index in [9.17, 15) is 4.79 Å². The Hall–Kier alpha value is -1.29. The molecule has 0 heterocycles. The summed E-state index contributed by atoms with van der Waals surface area (Å²) in [6, 6.07) is 3.93. The van der Waals surface area contributed by atoms with Crippen LogP contribution in [0.5, 0.6) is 11.5 Å². The number of methoxy groups -OCH3 is 2. The van der Waals surface area contributed by atoms with E-state index in [1.807, 2.05) is 12.1 Å². The van der Waals surface area contributed by atoms with Crippen molar-refractivity contribution in [3.05, 3.63) is 33.8 Å². The smallest absolute Gasteiger partial charge is 0.167 e. The van der Waals surface area contributed by atoms with Crippen molar-refractivity contribution in [1.29, 1.82) is 0 Å². The van der Waals surface area contributed by atoms with Crippen LogP contribution in [0.25, 0.3) is 0 Å². The molecule has 3 nitrogen and oxygen atoms in total. The predicted molar refractivity (Wildman–Crippen MR) is 106 cm³/mol. The molecule has 4 rings (SSSR count). The van der Waals surface area contributed by atoms with Crippen LogP contribution in [0.4, 0.5) is 0 Å². The van der Waals surface area contributed by atoms with E-state index in [0.717, 1.165) is 28.5 Å². The van der Waals surface area contributed by atoms with Gasteiger partial charge in [-0.05, 0) is 53.4 Å². The predicted octanol–water partition coefficient (Wildman–Crippen LogP) is 5.67. The first kappa shape index (κ1) is 18.1. The standard InChI is InChI=1S/C22H27BrO3/c1-20(2)8-6-9-21(3)18(19(24)14-7-10-22(14,20)21)13-11-16(25-4)17(26-5)12-15(13)23/h7,11-12,18H,6,8-10H2,1-5H3/t18?,21-,22-/m0/s1. The van der Waals surface area contributed by atoms with Crippen molar-refractivity contribution in [1.82, 2.24) is 0 Å². The highest BCUT2D eigenvalue weighted by Gasteiger charge is 2.72. The summed E-state index contributed by atoms with van der Waals surface area (Å²) >= 11 is 3.71. The normalized spacial score (nSPS) is 34.5. The highest BCUT2D eigenvalue weighted by atomic mass is 79.9. The summed E-state index contributed by atoms with van der Waals surface area (Å²) in [5.41, 5.74) is 2.21. The third-order valence-corrected chi connectivity index (χ3v) is 8.37. The molecular weight excluding hydrogens is 392 g/mol. The van der Waals surface area contributed by atoms with E-state index < -0.39 is 0 Å². The Labute approximate surface area is 164 Å². The molecule has 0 aromatic heterocycles. The molecule has 0 N–H and O–H groups in total. The SMILES string of the molecule is COc1cc(Br)c(C2C(=O)C3=CC[C@@]34C(C)(C)CCC[C@@]24C)cc1OC. The Morgan fingerprint density at radius 2 is 1.73 bits per heavy atom. The van der Waals surface area contributed by atoms with Crippen molar-refractivity contribution < 1.29 is 14.3 Å². The molecule has 1 aromatic carbocycles. The Balaban J connectivity index is 1.92. The second-order valence-corrected chi connectivity index (χ2v) is 9.76. The van der Waals surface area contributed by atoms with Gasteiger partial charge in [-0.25, -0.2) is 0 Å². The number of rotatable bonds is 3. The monoisotopic (exact) mass is 418 g/mol. The number of carbonyl (C=O) groups is 1. The van der Waals surface area contributed by atoms with Gasteiger partial charge >= 0.3 is 0 Å². The maximum Gasteiger partial charge on any atom is 0.167 e. The molecule has 2 fully saturated rings. The Morgan fingerprint density at radius 1 is 1.08 bits per heavy atom. The van der Waals surface area contributed by atoms with Gasteiger partial charge in [0, 0.05) is 9.89 Å². The molecule has 2 saturated carbocycles. The number of ether oxygens (including phenoxy) is 2. The number of ketones is 1. The molecule has 1 unspecified atom stereocenters. The van der Waals surface area contributed by atoms with Crippen molar-refractivity contribution in [2.45, 2.75) is 52.4 Å². The van der Waals surface area contributed by atoms with Gasteiger partial charge in [0.25, 0.3) is 0 Å². The molecule has 1 aromatic rings. The molecule has 4 heteroatoms. The van der Waals surface area contributed by atoms with Crippen LogP contribution in [-0.4, -0.2) is 20.0 Å². The van der Waals surface area contributed by atoms with Crippen LogP contribution in [0, 0.1) is 16.2 Å². The molecule has 3 aliphatic rings. The van der Waals surface area contributed by atoms with Crippen LogP contribution in [0.1, 0.15) is 57.9 Å². The largest absolute Gasteiger partial charge is 0.493 e. The number of hydrogen-bond donors (Lipinski definition) is 0. The lowest BCUT2D eigenvalue weighted by Gasteiger charge is -2.61. The maximum absolute atomic E-state index is 13.6. The van der Waals surface area contributed by atoms with Crippen LogP contribution in [0.3, 0.4) is 0 Å². The van der Waals surface area contributed by atoms with Crippen molar-refractivity contribution in [3.63, 3.8) is 0 Å². The third-order valence-electron chi connectivity index (χ3n) is 7.68. The minimum Gasteiger partial charge on any atom is -0.493 e. The van der Waals surface area contributed by atoms with Crippen LogP contribution < -0.4 is 9.47 Å². The van der Waals surface area contributed by atoms with Crippen LogP contribution in [0.2, 0.25) is 0 Å². The summed E-state index contributed by atoms with van der Waals surface area (Å²) in [4.78, 5) is 13.6. The minimum atomic E-state index is -0.134. The molecule has 140 valence electrons. The van der Waals surface area contributed by atoms with Gasteiger partial charge in [0.2, 0.25) is 0 Å². The van der Waals surface area contributed by atoms with Gasteiger partial charge in [-0.2, -0.15) is 0 Å². The molecule has 26 heavy (non-hydrogen) atoms. The molecule has 0 radical (unpaired) electrons. The summed E-state index contributed by atoms with van der Waals surface area (Å²) < 4.78 is 11.9. The van der Waals surface area contributed by atoms with E-state index in [-0.39, 0.29) is 22.2 Å². The van der Waals surface area contributed by atoms with Gasteiger partial charge in [0.05, 0.1) is 20.1 Å². The van der Waals surface area contributed by atoms with Crippen molar-refractivity contribution >= 4 is 21.7 Å². The average Bonchev–Trinajstić information content (AvgIpc) is 2.67. The lowest BCUT2D eigenvalue weighted by atomic mass is 9.41. The van der Waals surface area contributed by atoms with E-state index in [4.69, 9.17) is 9.47 Å². The van der Waals surface area contributed by atoms with Gasteiger partial charge in [-0.3, -0.25) is 4.79 Å². The van der Waals surface area contributed by atoms with E-state index in [1.165, 1.54) is 12.8 Å². The molecule has 0 aliphatic heterocycles. The Kier molecular flexibility index (Phi) is 3.90. The van der Waals surface area contributed by atoms with Gasteiger partial charge in [0.15, 0.2) is 17.3 Å². The van der Waals surface area contributed by atoms with Gasteiger partial charge in [-0.15, -0.1) is 0 Å². The molecule has 0 bridgehead atoms. The van der Waals surface area contributed by atoms with E-state index in [2.05, 4.69) is 42.8 Å². The molecule has 0 saturated heterocycles. The number of benzene rings is 1. The van der Waals surface area contributed by atoms with E-state index in [1.54, 1.807) is 14.2 Å². The zero-order chi connectivity index (χ0) is 18.9. The first-order valence-corrected chi connectivity index (χ1v) is 10.2. The molecule has 0 amide bonds. The van der Waals surface area contributed by atoms with Crippen LogP contribution >= 0.6 is 15.9 Å². The molecular formula is C22H27BrO3. The molecule has 3 aliphatic carbocycles. The molecule has 1 spiro atoms. The lowest BCUT2D eigenvalue weighted by Crippen LogP contribution is -2.54. The van der Waals surface area contributed by atoms with Crippen LogP contribution in [0.15, 0.2) is 28.3 Å². The second kappa shape index (κ2) is 5.60. The fraction of sp³-hybridized carbons (Fsp3) is 0.591. The fourth-order valence-corrected chi connectivity index (χ4v) is 6.96. The number of carbonyl (C=O) groups excluding carboxylic acids is 1. The Bertz CT molecular complexity index is 825. The lowest BCUT2D eigenvalue weighted by molar-refractivity contribution is -0.117. The highest BCUT2D eigenvalue weighted by Crippen LogP contribution is 2.77. The summed E-state index contributed by atoms with van der Waals surface area (Å²) in [6.07, 6.45) is 6.66. The summed E-state index contributed by atoms with van der Waals surface area (Å²) in [6.45, 7) is 7.06. The first-order valence-electron chi connectivity index (χ1n) is 9.40. The van der Waals surface area contributed by atoms with Crippen LogP contribution in [-0.2, 0) is 4.79 Å². The number of hydrogen-bond acceptors (Lipinski definition) is 3. The van der Waals surface area contributed by atoms with Crippen molar-refractivity contribution in [2.75, 3.05) is 14.2 Å². The number of Topliss-reactive ketones (excluding diaryl/α,β-unsaturated/α-hetero) is 1. The maximum atomic E-state index is 13.6. The highest BCUT2D eigenvalue weighted by molar-refractivity contribution is 9.10. The summed E-state index contributed by atoms with van der Waals surface area (Å²) in [7, 11) is 3.28. The topological polar surface area (TPSA) is 35.5 Å². The second-order valence-electron chi connectivity index (χ2n) is 8.91. The number of halogens is 1. The first-order chi connectivity index (χ1) is 12.2. The molecule has 3 atom stereocenters. The number of allylic oxidation sites excluding steroid dienone is 2. The quantitative estimate of drug-likeness (QED) is 0.634. The fourth-order valence-electron chi connectivity index (χ4n) is 6.41. The van der Waals surface area contributed by atoms with Gasteiger partial charge in [-0.1, -0.05) is 49.2 Å². The third kappa shape index (κ3) is 1.92. The summed E-state index contributed by atoms with van der Waals surface area (Å²) in [5.74, 6) is 1.53. The average molecular weight is 419 g/mol. The van der Waals surface area contributed by atoms with Crippen molar-refractivity contribution in [3.8, 4) is 11.5 Å². The van der Waals surface area contributed by atoms with Gasteiger partial charge < -0.3 is 9.47 Å². The van der Waals surface area contributed by atoms with E-state index >= 15 is 0 Å². The van der Waals surface area contributed by atoms with E-state index in [0.29, 0.717) is 17.3 Å². The zero-order valence-electron chi connectivity index (χ0n) is 16.2. The van der Waals surface area contributed by atoms with Gasteiger partial charge in [0.1, 0.15) is 0 Å². The minimum absolute atomic E-state index is 0.00655. The Morgan fingerprint density at radius 3 is 2.31 bits per heavy atom.